The van der Waals surface area contributed by atoms with Gasteiger partial charge in [-0.1, -0.05) is 116 Å². The summed E-state index contributed by atoms with van der Waals surface area (Å²) in [5.74, 6) is 0. The second-order valence-electron chi connectivity index (χ2n) is 6.91. The maximum atomic E-state index is 3.83. The number of halogens is 3. The van der Waals surface area contributed by atoms with Crippen molar-refractivity contribution >= 4 is 57.0 Å². The number of hydrogen-bond acceptors (Lipinski definition) is 0. The number of rotatable bonds is 4. The topological polar surface area (TPSA) is 0 Å². The highest BCUT2D eigenvalue weighted by molar-refractivity contribution is 9.11. The van der Waals surface area contributed by atoms with Crippen LogP contribution in [0.2, 0.25) is 0 Å². The van der Waals surface area contributed by atoms with E-state index in [0.717, 1.165) is 13.4 Å². The van der Waals surface area contributed by atoms with Crippen molar-refractivity contribution in [1.29, 1.82) is 0 Å². The van der Waals surface area contributed by atoms with Gasteiger partial charge in [0.15, 0.2) is 0 Å². The van der Waals surface area contributed by atoms with Crippen LogP contribution < -0.4 is 0 Å². The third-order valence-corrected chi connectivity index (χ3v) is 7.31. The summed E-state index contributed by atoms with van der Waals surface area (Å²) in [6.07, 6.45) is 0. The zero-order valence-electron chi connectivity index (χ0n) is 14.6. The third-order valence-electron chi connectivity index (χ3n) is 4.80. The molecule has 4 heteroatoms. The first-order chi connectivity index (χ1) is 12.3. The van der Waals surface area contributed by atoms with Crippen LogP contribution in [0, 0.1) is 0 Å². The molecule has 0 fully saturated rings. The molecule has 3 aromatic carbocycles. The van der Waals surface area contributed by atoms with Gasteiger partial charge in [0.1, 0.15) is 0 Å². The van der Waals surface area contributed by atoms with Gasteiger partial charge in [-0.15, -0.1) is 9.24 Å². The highest BCUT2D eigenvalue weighted by Crippen LogP contribution is 2.56. The molecule has 0 aliphatic heterocycles. The summed E-state index contributed by atoms with van der Waals surface area (Å²) in [7, 11) is 3.08. The molecular weight excluding hydrogens is 535 g/mol. The Morgan fingerprint density at radius 2 is 0.846 bits per heavy atom. The summed E-state index contributed by atoms with van der Waals surface area (Å²) < 4.78 is 3.30. The van der Waals surface area contributed by atoms with Crippen LogP contribution in [-0.2, 0) is 5.41 Å². The molecule has 1 unspecified atom stereocenters. The standard InChI is InChI=1S/C22H20Br3P/c1-21(2,26)22(15-9-3-6-12-18(15)23,16-10-4-7-13-19(16)24)17-11-5-8-14-20(17)25/h3-14H,26H2,1-2H3. The maximum absolute atomic E-state index is 3.83. The van der Waals surface area contributed by atoms with E-state index in [9.17, 15) is 0 Å². The van der Waals surface area contributed by atoms with E-state index in [-0.39, 0.29) is 5.16 Å². The molecule has 0 saturated carbocycles. The highest BCUT2D eigenvalue weighted by Gasteiger charge is 2.49. The molecule has 0 nitrogen and oxygen atoms in total. The van der Waals surface area contributed by atoms with Gasteiger partial charge in [0, 0.05) is 13.4 Å². The predicted molar refractivity (Wildman–Crippen MR) is 126 cm³/mol. The Hall–Kier alpha value is -0.470. The number of benzene rings is 3. The smallest absolute Gasteiger partial charge is 0.0569 e. The Kier molecular flexibility index (Phi) is 6.14. The van der Waals surface area contributed by atoms with Gasteiger partial charge in [-0.05, 0) is 40.0 Å². The van der Waals surface area contributed by atoms with Gasteiger partial charge in [-0.25, -0.2) is 0 Å². The molecule has 0 bridgehead atoms. The second-order valence-corrected chi connectivity index (χ2v) is 10.9. The van der Waals surface area contributed by atoms with Crippen molar-refractivity contribution in [2.24, 2.45) is 0 Å². The maximum Gasteiger partial charge on any atom is 0.0569 e. The first-order valence-electron chi connectivity index (χ1n) is 8.34. The fraction of sp³-hybridized carbons (Fsp3) is 0.182. The van der Waals surface area contributed by atoms with Gasteiger partial charge in [-0.3, -0.25) is 0 Å². The lowest BCUT2D eigenvalue weighted by Gasteiger charge is -2.47. The summed E-state index contributed by atoms with van der Waals surface area (Å²) >= 11 is 11.5. The van der Waals surface area contributed by atoms with E-state index in [1.54, 1.807) is 0 Å². The van der Waals surface area contributed by atoms with Gasteiger partial charge in [-0.2, -0.15) is 0 Å². The zero-order chi connectivity index (χ0) is 18.9. The third kappa shape index (κ3) is 3.37. The van der Waals surface area contributed by atoms with Crippen LogP contribution in [0.25, 0.3) is 0 Å². The van der Waals surface area contributed by atoms with Crippen LogP contribution in [0.4, 0.5) is 0 Å². The minimum absolute atomic E-state index is 0.176. The zero-order valence-corrected chi connectivity index (χ0v) is 20.6. The van der Waals surface area contributed by atoms with Gasteiger partial charge in [0.05, 0.1) is 5.41 Å². The molecule has 0 aliphatic rings. The molecule has 0 amide bonds. The van der Waals surface area contributed by atoms with E-state index in [0.29, 0.717) is 0 Å². The van der Waals surface area contributed by atoms with Crippen LogP contribution in [0.1, 0.15) is 30.5 Å². The second kappa shape index (κ2) is 7.87. The molecular formula is C22H20Br3P. The van der Waals surface area contributed by atoms with Crippen LogP contribution in [0.3, 0.4) is 0 Å². The Morgan fingerprint density at radius 1 is 0.577 bits per heavy atom. The first-order valence-corrected chi connectivity index (χ1v) is 11.3. The SMILES string of the molecule is CC(C)(P)C(c1ccccc1Br)(c1ccccc1Br)c1ccccc1Br. The lowest BCUT2D eigenvalue weighted by Crippen LogP contribution is -2.46. The highest BCUT2D eigenvalue weighted by atomic mass is 79.9. The van der Waals surface area contributed by atoms with E-state index >= 15 is 0 Å². The van der Waals surface area contributed by atoms with E-state index in [4.69, 9.17) is 0 Å². The molecule has 0 aliphatic carbocycles. The van der Waals surface area contributed by atoms with Gasteiger partial charge in [0.2, 0.25) is 0 Å². The van der Waals surface area contributed by atoms with Gasteiger partial charge >= 0.3 is 0 Å². The van der Waals surface area contributed by atoms with Crippen molar-refractivity contribution in [3.8, 4) is 0 Å². The lowest BCUT2D eigenvalue weighted by molar-refractivity contribution is 0.476. The lowest BCUT2D eigenvalue weighted by atomic mass is 9.62. The molecule has 0 aromatic heterocycles. The molecule has 134 valence electrons. The first kappa shape index (κ1) is 20.3. The van der Waals surface area contributed by atoms with Crippen LogP contribution in [0.15, 0.2) is 86.2 Å². The summed E-state index contributed by atoms with van der Waals surface area (Å²) in [4.78, 5) is 0. The largest absolute Gasteiger partial charge is 0.130 e. The van der Waals surface area contributed by atoms with E-state index in [2.05, 4.69) is 144 Å². The fourth-order valence-corrected chi connectivity index (χ4v) is 5.99. The average molecular weight is 555 g/mol. The Balaban J connectivity index is 2.56. The van der Waals surface area contributed by atoms with E-state index in [1.165, 1.54) is 16.7 Å². The van der Waals surface area contributed by atoms with Gasteiger partial charge in [0.25, 0.3) is 0 Å². The van der Waals surface area contributed by atoms with Crippen molar-refractivity contribution < 1.29 is 0 Å². The molecule has 0 radical (unpaired) electrons. The molecule has 3 aromatic rings. The molecule has 3 rings (SSSR count). The Labute approximate surface area is 183 Å². The van der Waals surface area contributed by atoms with Gasteiger partial charge < -0.3 is 0 Å². The number of hydrogen-bond donors (Lipinski definition) is 0. The average Bonchev–Trinajstić information content (AvgIpc) is 2.59. The Bertz CT molecular complexity index is 817. The minimum atomic E-state index is -0.391. The van der Waals surface area contributed by atoms with Crippen molar-refractivity contribution in [2.45, 2.75) is 24.4 Å². The molecule has 1 atom stereocenters. The monoisotopic (exact) mass is 552 g/mol. The van der Waals surface area contributed by atoms with Crippen molar-refractivity contribution in [3.63, 3.8) is 0 Å². The van der Waals surface area contributed by atoms with E-state index < -0.39 is 5.41 Å². The molecule has 0 saturated heterocycles. The summed E-state index contributed by atoms with van der Waals surface area (Å²) in [6.45, 7) is 4.55. The summed E-state index contributed by atoms with van der Waals surface area (Å²) in [5.41, 5.74) is 3.31. The Morgan fingerprint density at radius 3 is 1.08 bits per heavy atom. The predicted octanol–water partition coefficient (Wildman–Crippen LogP) is 7.96. The van der Waals surface area contributed by atoms with Crippen LogP contribution in [0.5, 0.6) is 0 Å². The summed E-state index contributed by atoms with van der Waals surface area (Å²) in [6, 6.07) is 25.5. The van der Waals surface area contributed by atoms with Crippen molar-refractivity contribution in [1.82, 2.24) is 0 Å². The van der Waals surface area contributed by atoms with Crippen molar-refractivity contribution in [3.05, 3.63) is 103 Å². The quantitative estimate of drug-likeness (QED) is 0.227. The molecule has 0 N–H and O–H groups in total. The van der Waals surface area contributed by atoms with E-state index in [1.807, 2.05) is 0 Å². The fourth-order valence-electron chi connectivity index (χ4n) is 3.77. The minimum Gasteiger partial charge on any atom is -0.130 e. The van der Waals surface area contributed by atoms with Crippen molar-refractivity contribution in [2.75, 3.05) is 0 Å². The van der Waals surface area contributed by atoms with Crippen LogP contribution >= 0.6 is 57.0 Å². The summed E-state index contributed by atoms with van der Waals surface area (Å²) in [5, 5.41) is -0.176. The normalized spacial score (nSPS) is 12.2. The molecule has 26 heavy (non-hydrogen) atoms. The molecule has 0 heterocycles. The van der Waals surface area contributed by atoms with Crippen LogP contribution in [-0.4, -0.2) is 5.16 Å². The molecule has 0 spiro atoms.